The highest BCUT2D eigenvalue weighted by molar-refractivity contribution is 5.92. The molecule has 1 aliphatic carbocycles. The highest BCUT2D eigenvalue weighted by Gasteiger charge is 2.22. The topological polar surface area (TPSA) is 66.9 Å². The summed E-state index contributed by atoms with van der Waals surface area (Å²) in [6, 6.07) is 3.75. The van der Waals surface area contributed by atoms with Gasteiger partial charge < -0.3 is 10.6 Å². The average Bonchev–Trinajstić information content (AvgIpc) is 2.47. The summed E-state index contributed by atoms with van der Waals surface area (Å²) in [6.07, 6.45) is 5.85. The average molecular weight is 262 g/mol. The lowest BCUT2D eigenvalue weighted by Gasteiger charge is -2.28. The molecule has 1 aromatic rings. The monoisotopic (exact) mass is 262 g/mol. The molecule has 0 aliphatic heterocycles. The molecule has 1 fully saturated rings. The number of anilines is 1. The van der Waals surface area contributed by atoms with Gasteiger partial charge in [0, 0.05) is 13.1 Å². The summed E-state index contributed by atoms with van der Waals surface area (Å²) in [6.45, 7) is 2.22. The maximum Gasteiger partial charge on any atom is 0.272 e. The molecule has 0 saturated heterocycles. The van der Waals surface area contributed by atoms with Crippen LogP contribution in [0, 0.1) is 5.92 Å². The molecule has 1 saturated carbocycles. The minimum Gasteiger partial charge on any atom is -0.372 e. The van der Waals surface area contributed by atoms with Gasteiger partial charge in [-0.3, -0.25) is 4.79 Å². The van der Waals surface area contributed by atoms with Crippen LogP contribution in [-0.4, -0.2) is 29.2 Å². The number of hydrogen-bond donors (Lipinski definition) is 2. The van der Waals surface area contributed by atoms with Crippen LogP contribution in [0.1, 0.15) is 49.5 Å². The van der Waals surface area contributed by atoms with E-state index in [0.717, 1.165) is 18.8 Å². The fourth-order valence-corrected chi connectivity index (χ4v) is 2.64. The molecule has 0 radical (unpaired) electrons. The molecule has 1 amide bonds. The lowest BCUT2D eigenvalue weighted by atomic mass is 9.84. The summed E-state index contributed by atoms with van der Waals surface area (Å²) in [7, 11) is 1.77. The van der Waals surface area contributed by atoms with Crippen molar-refractivity contribution in [2.45, 2.75) is 45.1 Å². The minimum absolute atomic E-state index is 0.114. The van der Waals surface area contributed by atoms with Crippen molar-refractivity contribution in [1.82, 2.24) is 15.5 Å². The SMILES string of the molecule is CCC1CCCC(NC(=O)c2ccc(NC)nn2)C1. The van der Waals surface area contributed by atoms with Gasteiger partial charge in [0.2, 0.25) is 0 Å². The molecule has 2 atom stereocenters. The van der Waals surface area contributed by atoms with Gasteiger partial charge in [0.15, 0.2) is 5.69 Å². The first-order chi connectivity index (χ1) is 9.22. The van der Waals surface area contributed by atoms with E-state index in [0.29, 0.717) is 11.5 Å². The Morgan fingerprint density at radius 1 is 1.37 bits per heavy atom. The van der Waals surface area contributed by atoms with Crippen molar-refractivity contribution in [2.75, 3.05) is 12.4 Å². The number of hydrogen-bond acceptors (Lipinski definition) is 4. The van der Waals surface area contributed by atoms with Crippen LogP contribution in [0.3, 0.4) is 0 Å². The summed E-state index contributed by atoms with van der Waals surface area (Å²) >= 11 is 0. The Hall–Kier alpha value is -1.65. The lowest BCUT2D eigenvalue weighted by Crippen LogP contribution is -2.38. The number of aromatic nitrogens is 2. The molecule has 1 aliphatic rings. The van der Waals surface area contributed by atoms with E-state index < -0.39 is 0 Å². The zero-order valence-electron chi connectivity index (χ0n) is 11.6. The van der Waals surface area contributed by atoms with Crippen molar-refractivity contribution in [3.8, 4) is 0 Å². The van der Waals surface area contributed by atoms with Crippen LogP contribution in [-0.2, 0) is 0 Å². The highest BCUT2D eigenvalue weighted by Crippen LogP contribution is 2.26. The molecule has 1 heterocycles. The van der Waals surface area contributed by atoms with E-state index in [2.05, 4.69) is 27.8 Å². The van der Waals surface area contributed by atoms with Crippen LogP contribution in [0.5, 0.6) is 0 Å². The van der Waals surface area contributed by atoms with Gasteiger partial charge >= 0.3 is 0 Å². The summed E-state index contributed by atoms with van der Waals surface area (Å²) in [5.41, 5.74) is 0.387. The van der Waals surface area contributed by atoms with E-state index in [1.54, 1.807) is 19.2 Å². The van der Waals surface area contributed by atoms with Crippen LogP contribution in [0.2, 0.25) is 0 Å². The predicted octanol–water partition coefficient (Wildman–Crippen LogP) is 2.22. The molecule has 2 unspecified atom stereocenters. The normalized spacial score (nSPS) is 22.8. The number of rotatable bonds is 4. The number of amides is 1. The van der Waals surface area contributed by atoms with Crippen LogP contribution < -0.4 is 10.6 Å². The van der Waals surface area contributed by atoms with E-state index in [4.69, 9.17) is 0 Å². The van der Waals surface area contributed by atoms with Crippen molar-refractivity contribution in [1.29, 1.82) is 0 Å². The Bertz CT molecular complexity index is 418. The number of carbonyl (C=O) groups is 1. The van der Waals surface area contributed by atoms with Crippen molar-refractivity contribution in [3.63, 3.8) is 0 Å². The number of nitrogens with zero attached hydrogens (tertiary/aromatic N) is 2. The maximum atomic E-state index is 12.1. The van der Waals surface area contributed by atoms with Crippen molar-refractivity contribution < 1.29 is 4.79 Å². The van der Waals surface area contributed by atoms with Crippen LogP contribution in [0.4, 0.5) is 5.82 Å². The van der Waals surface area contributed by atoms with E-state index in [-0.39, 0.29) is 11.9 Å². The smallest absolute Gasteiger partial charge is 0.272 e. The second-order valence-electron chi connectivity index (χ2n) is 5.17. The third kappa shape index (κ3) is 3.66. The molecule has 5 nitrogen and oxygen atoms in total. The lowest BCUT2D eigenvalue weighted by molar-refractivity contribution is 0.0913. The fourth-order valence-electron chi connectivity index (χ4n) is 2.64. The standard InChI is InChI=1S/C14H22N4O/c1-3-10-5-4-6-11(9-10)16-14(19)12-7-8-13(15-2)18-17-12/h7-8,10-11H,3-6,9H2,1-2H3,(H,15,18)(H,16,19). The van der Waals surface area contributed by atoms with E-state index >= 15 is 0 Å². The van der Waals surface area contributed by atoms with E-state index in [1.807, 2.05) is 0 Å². The molecule has 2 N–H and O–H groups in total. The Balaban J connectivity index is 1.92. The molecule has 0 spiro atoms. The largest absolute Gasteiger partial charge is 0.372 e. The van der Waals surface area contributed by atoms with Gasteiger partial charge in [0.1, 0.15) is 5.82 Å². The summed E-state index contributed by atoms with van der Waals surface area (Å²) < 4.78 is 0. The fraction of sp³-hybridized carbons (Fsp3) is 0.643. The van der Waals surface area contributed by atoms with Gasteiger partial charge in [-0.2, -0.15) is 0 Å². The Morgan fingerprint density at radius 2 is 2.21 bits per heavy atom. The molecule has 104 valence electrons. The third-order valence-electron chi connectivity index (χ3n) is 3.85. The predicted molar refractivity (Wildman–Crippen MR) is 75.1 cm³/mol. The zero-order valence-corrected chi connectivity index (χ0v) is 11.6. The molecule has 5 heteroatoms. The van der Waals surface area contributed by atoms with Gasteiger partial charge in [-0.25, -0.2) is 0 Å². The van der Waals surface area contributed by atoms with Crippen molar-refractivity contribution >= 4 is 11.7 Å². The first-order valence-electron chi connectivity index (χ1n) is 7.05. The third-order valence-corrected chi connectivity index (χ3v) is 3.85. The Kier molecular flexibility index (Phi) is 4.71. The summed E-state index contributed by atoms with van der Waals surface area (Å²) in [5, 5.41) is 13.8. The van der Waals surface area contributed by atoms with Crippen LogP contribution in [0.25, 0.3) is 0 Å². The Labute approximate surface area is 114 Å². The van der Waals surface area contributed by atoms with E-state index in [9.17, 15) is 4.79 Å². The molecule has 2 rings (SSSR count). The van der Waals surface area contributed by atoms with Gasteiger partial charge in [-0.05, 0) is 30.9 Å². The van der Waals surface area contributed by atoms with E-state index in [1.165, 1.54) is 19.3 Å². The first-order valence-corrected chi connectivity index (χ1v) is 7.05. The van der Waals surface area contributed by atoms with Crippen LogP contribution in [0.15, 0.2) is 12.1 Å². The van der Waals surface area contributed by atoms with Crippen molar-refractivity contribution in [2.24, 2.45) is 5.92 Å². The van der Waals surface area contributed by atoms with Gasteiger partial charge in [0.05, 0.1) is 0 Å². The quantitative estimate of drug-likeness (QED) is 0.873. The minimum atomic E-state index is -0.114. The molecular weight excluding hydrogens is 240 g/mol. The number of nitrogens with one attached hydrogen (secondary N) is 2. The number of carbonyl (C=O) groups excluding carboxylic acids is 1. The highest BCUT2D eigenvalue weighted by atomic mass is 16.2. The summed E-state index contributed by atoms with van der Waals surface area (Å²) in [4.78, 5) is 12.1. The molecule has 19 heavy (non-hydrogen) atoms. The van der Waals surface area contributed by atoms with Gasteiger partial charge in [-0.1, -0.05) is 26.2 Å². The van der Waals surface area contributed by atoms with Gasteiger partial charge in [0.25, 0.3) is 5.91 Å². The molecule has 1 aromatic heterocycles. The molecule has 0 bridgehead atoms. The summed E-state index contributed by atoms with van der Waals surface area (Å²) in [5.74, 6) is 1.30. The van der Waals surface area contributed by atoms with Crippen molar-refractivity contribution in [3.05, 3.63) is 17.8 Å². The molecular formula is C14H22N4O. The van der Waals surface area contributed by atoms with Crippen LogP contribution >= 0.6 is 0 Å². The first kappa shape index (κ1) is 13.8. The second kappa shape index (κ2) is 6.50. The molecule has 0 aromatic carbocycles. The van der Waals surface area contributed by atoms with Gasteiger partial charge in [-0.15, -0.1) is 10.2 Å². The zero-order chi connectivity index (χ0) is 13.7. The maximum absolute atomic E-state index is 12.1. The Morgan fingerprint density at radius 3 is 2.84 bits per heavy atom. The second-order valence-corrected chi connectivity index (χ2v) is 5.17.